The summed E-state index contributed by atoms with van der Waals surface area (Å²) in [7, 11) is -3.84. The molecule has 8 nitrogen and oxygen atoms in total. The normalized spacial score (nSPS) is 12.0. The summed E-state index contributed by atoms with van der Waals surface area (Å²) in [6, 6.07) is 22.1. The van der Waals surface area contributed by atoms with E-state index in [0.29, 0.717) is 17.9 Å². The lowest BCUT2D eigenvalue weighted by Gasteiger charge is -2.11. The molecule has 0 aliphatic heterocycles. The van der Waals surface area contributed by atoms with Crippen molar-refractivity contribution in [3.63, 3.8) is 0 Å². The Morgan fingerprint density at radius 1 is 1.00 bits per heavy atom. The van der Waals surface area contributed by atoms with E-state index in [0.717, 1.165) is 17.5 Å². The van der Waals surface area contributed by atoms with Gasteiger partial charge in [-0.3, -0.25) is 4.98 Å². The number of aromatic nitrogens is 3. The minimum Gasteiger partial charge on any atom is -0.408 e. The number of oxazole rings is 1. The van der Waals surface area contributed by atoms with Gasteiger partial charge in [-0.05, 0) is 36.2 Å². The molecule has 0 aliphatic rings. The van der Waals surface area contributed by atoms with Gasteiger partial charge < -0.3 is 8.98 Å². The Balaban J connectivity index is 1.42. The first kappa shape index (κ1) is 20.2. The molecule has 0 saturated heterocycles. The average molecular weight is 449 g/mol. The molecule has 0 saturated carbocycles. The summed E-state index contributed by atoms with van der Waals surface area (Å²) in [5.41, 5.74) is 3.58. The van der Waals surface area contributed by atoms with E-state index in [1.165, 1.54) is 23.8 Å². The third-order valence-corrected chi connectivity index (χ3v) is 6.72. The number of imidazole rings is 1. The van der Waals surface area contributed by atoms with Crippen molar-refractivity contribution >= 4 is 32.2 Å². The number of benzene rings is 3. The first-order valence-electron chi connectivity index (χ1n) is 10.1. The molecule has 32 heavy (non-hydrogen) atoms. The zero-order valence-electron chi connectivity index (χ0n) is 17.0. The molecule has 0 radical (unpaired) electrons. The molecule has 2 N–H and O–H groups in total. The van der Waals surface area contributed by atoms with Gasteiger partial charge in [0, 0.05) is 12.6 Å². The van der Waals surface area contributed by atoms with Gasteiger partial charge in [0.05, 0.1) is 28.0 Å². The van der Waals surface area contributed by atoms with E-state index in [9.17, 15) is 13.2 Å². The molecule has 2 heterocycles. The molecule has 5 aromatic rings. The Hall–Kier alpha value is -3.69. The molecule has 0 amide bonds. The van der Waals surface area contributed by atoms with Gasteiger partial charge >= 0.3 is 5.76 Å². The van der Waals surface area contributed by atoms with Crippen LogP contribution in [-0.2, 0) is 29.5 Å². The zero-order chi connectivity index (χ0) is 22.1. The van der Waals surface area contributed by atoms with Crippen molar-refractivity contribution in [1.29, 1.82) is 0 Å². The van der Waals surface area contributed by atoms with Crippen LogP contribution in [0.3, 0.4) is 0 Å². The van der Waals surface area contributed by atoms with Crippen LogP contribution in [0.15, 0.2) is 86.9 Å². The van der Waals surface area contributed by atoms with Crippen LogP contribution in [0.5, 0.6) is 0 Å². The minimum atomic E-state index is -3.84. The second kappa shape index (κ2) is 8.10. The number of para-hydroxylation sites is 2. The summed E-state index contributed by atoms with van der Waals surface area (Å²) in [5.74, 6) is -0.00500. The Bertz CT molecular complexity index is 1570. The average Bonchev–Trinajstić information content (AvgIpc) is 3.35. The van der Waals surface area contributed by atoms with Crippen molar-refractivity contribution in [2.45, 2.75) is 24.4 Å². The van der Waals surface area contributed by atoms with Crippen LogP contribution in [0.2, 0.25) is 0 Å². The number of hydrogen-bond donors (Lipinski definition) is 2. The van der Waals surface area contributed by atoms with E-state index < -0.39 is 15.8 Å². The van der Waals surface area contributed by atoms with E-state index in [1.807, 2.05) is 47.0 Å². The van der Waals surface area contributed by atoms with E-state index in [-0.39, 0.29) is 17.0 Å². The minimum absolute atomic E-state index is 0.0136. The Morgan fingerprint density at radius 2 is 1.78 bits per heavy atom. The maximum absolute atomic E-state index is 12.9. The van der Waals surface area contributed by atoms with Crippen molar-refractivity contribution < 1.29 is 12.8 Å². The largest absolute Gasteiger partial charge is 0.417 e. The number of nitrogens with zero attached hydrogens (tertiary/aromatic N) is 2. The van der Waals surface area contributed by atoms with Gasteiger partial charge in [0.2, 0.25) is 10.0 Å². The van der Waals surface area contributed by atoms with Crippen LogP contribution < -0.4 is 10.5 Å². The molecule has 0 bridgehead atoms. The molecule has 0 atom stereocenters. The summed E-state index contributed by atoms with van der Waals surface area (Å²) >= 11 is 0. The number of aryl methyl sites for hydroxylation is 2. The number of aromatic amines is 1. The standard InChI is InChI=1S/C23H20N4O4S/c28-23-26-19-11-10-17(14-21(19)31-23)32(29,30)24-15-22-25-18-8-4-5-9-20(18)27(22)13-12-16-6-2-1-3-7-16/h1-11,14,24H,12-13,15H2,(H,26,28). The molecule has 162 valence electrons. The second-order valence-electron chi connectivity index (χ2n) is 7.40. The van der Waals surface area contributed by atoms with E-state index in [2.05, 4.69) is 26.8 Å². The van der Waals surface area contributed by atoms with Crippen molar-refractivity contribution in [3.8, 4) is 0 Å². The fourth-order valence-corrected chi connectivity index (χ4v) is 4.73. The Kier molecular flexibility index (Phi) is 5.12. The number of sulfonamides is 1. The lowest BCUT2D eigenvalue weighted by molar-refractivity contribution is 0.553. The topological polar surface area (TPSA) is 110 Å². The summed E-state index contributed by atoms with van der Waals surface area (Å²) in [6.45, 7) is 0.697. The van der Waals surface area contributed by atoms with Crippen LogP contribution >= 0.6 is 0 Å². The highest BCUT2D eigenvalue weighted by Crippen LogP contribution is 2.19. The van der Waals surface area contributed by atoms with Gasteiger partial charge in [-0.2, -0.15) is 0 Å². The van der Waals surface area contributed by atoms with E-state index >= 15 is 0 Å². The first-order chi connectivity index (χ1) is 15.5. The highest BCUT2D eigenvalue weighted by Gasteiger charge is 2.18. The quantitative estimate of drug-likeness (QED) is 0.397. The number of fused-ring (bicyclic) bond motifs is 2. The van der Waals surface area contributed by atoms with Gasteiger partial charge in [0.15, 0.2) is 5.58 Å². The molecule has 0 spiro atoms. The van der Waals surface area contributed by atoms with Gasteiger partial charge in [0.1, 0.15) is 5.82 Å². The summed E-state index contributed by atoms with van der Waals surface area (Å²) in [5, 5.41) is 0. The Labute approximate surface area is 183 Å². The predicted octanol–water partition coefficient (Wildman–Crippen LogP) is 3.19. The third-order valence-electron chi connectivity index (χ3n) is 5.32. The van der Waals surface area contributed by atoms with Gasteiger partial charge in [-0.25, -0.2) is 22.9 Å². The highest BCUT2D eigenvalue weighted by atomic mass is 32.2. The molecular weight excluding hydrogens is 428 g/mol. The van der Waals surface area contributed by atoms with Crippen molar-refractivity contribution in [3.05, 3.63) is 94.7 Å². The van der Waals surface area contributed by atoms with Crippen LogP contribution in [-0.4, -0.2) is 23.0 Å². The van der Waals surface area contributed by atoms with Gasteiger partial charge in [-0.15, -0.1) is 0 Å². The monoisotopic (exact) mass is 448 g/mol. The molecule has 5 rings (SSSR count). The number of hydrogen-bond acceptors (Lipinski definition) is 5. The number of rotatable bonds is 7. The van der Waals surface area contributed by atoms with Crippen molar-refractivity contribution in [2.24, 2.45) is 0 Å². The summed E-state index contributed by atoms with van der Waals surface area (Å²) < 4.78 is 35.4. The Morgan fingerprint density at radius 3 is 2.62 bits per heavy atom. The maximum atomic E-state index is 12.9. The van der Waals surface area contributed by atoms with Crippen LogP contribution in [0.25, 0.3) is 22.1 Å². The molecule has 0 unspecified atom stereocenters. The fraction of sp³-hybridized carbons (Fsp3) is 0.130. The number of H-pyrrole nitrogens is 1. The maximum Gasteiger partial charge on any atom is 0.417 e. The van der Waals surface area contributed by atoms with E-state index in [4.69, 9.17) is 4.42 Å². The van der Waals surface area contributed by atoms with Crippen LogP contribution in [0.4, 0.5) is 0 Å². The van der Waals surface area contributed by atoms with Crippen LogP contribution in [0, 0.1) is 0 Å². The molecular formula is C23H20N4O4S. The summed E-state index contributed by atoms with van der Waals surface area (Å²) in [4.78, 5) is 18.5. The zero-order valence-corrected chi connectivity index (χ0v) is 17.8. The van der Waals surface area contributed by atoms with Gasteiger partial charge in [-0.1, -0.05) is 42.5 Å². The predicted molar refractivity (Wildman–Crippen MR) is 121 cm³/mol. The molecule has 9 heteroatoms. The lowest BCUT2D eigenvalue weighted by Crippen LogP contribution is -2.25. The van der Waals surface area contributed by atoms with Gasteiger partial charge in [0.25, 0.3) is 0 Å². The molecule has 3 aromatic carbocycles. The molecule has 0 aliphatic carbocycles. The van der Waals surface area contributed by atoms with Crippen LogP contribution in [0.1, 0.15) is 11.4 Å². The SMILES string of the molecule is O=c1[nH]c2ccc(S(=O)(=O)NCc3nc4ccccc4n3CCc3ccccc3)cc2o1. The van der Waals surface area contributed by atoms with Crippen molar-refractivity contribution in [1.82, 2.24) is 19.3 Å². The van der Waals surface area contributed by atoms with Crippen molar-refractivity contribution in [2.75, 3.05) is 0 Å². The lowest BCUT2D eigenvalue weighted by atomic mass is 10.1. The fourth-order valence-electron chi connectivity index (χ4n) is 3.73. The smallest absolute Gasteiger partial charge is 0.408 e. The number of nitrogens with one attached hydrogen (secondary N) is 2. The third kappa shape index (κ3) is 3.95. The highest BCUT2D eigenvalue weighted by molar-refractivity contribution is 7.89. The first-order valence-corrected chi connectivity index (χ1v) is 11.6. The second-order valence-corrected chi connectivity index (χ2v) is 9.17. The molecule has 2 aromatic heterocycles. The summed E-state index contributed by atoms with van der Waals surface area (Å²) in [6.07, 6.45) is 0.796. The van der Waals surface area contributed by atoms with E-state index in [1.54, 1.807) is 0 Å². The molecule has 0 fully saturated rings.